The number of thiazole rings is 1. The lowest BCUT2D eigenvalue weighted by Crippen LogP contribution is -2.47. The van der Waals surface area contributed by atoms with Gasteiger partial charge in [0.1, 0.15) is 17.0 Å². The number of ether oxygens (including phenoxy) is 2. The molecule has 0 saturated carbocycles. The van der Waals surface area contributed by atoms with Crippen molar-refractivity contribution in [1.29, 1.82) is 0 Å². The molecule has 38 heavy (non-hydrogen) atoms. The zero-order chi connectivity index (χ0) is 27.3. The van der Waals surface area contributed by atoms with Crippen molar-refractivity contribution in [3.05, 3.63) is 59.1 Å². The van der Waals surface area contributed by atoms with Crippen LogP contribution in [0.1, 0.15) is 41.5 Å². The van der Waals surface area contributed by atoms with Crippen LogP contribution in [-0.4, -0.2) is 83.0 Å². The van der Waals surface area contributed by atoms with E-state index in [0.717, 1.165) is 13.1 Å². The molecule has 1 saturated heterocycles. The number of carbonyl (C=O) groups is 3. The number of piperazine rings is 1. The Morgan fingerprint density at radius 3 is 2.45 bits per heavy atom. The number of benzene rings is 1. The fraction of sp³-hybridized carbons (Fsp3) is 0.370. The Hall–Kier alpha value is -3.83. The highest BCUT2D eigenvalue weighted by molar-refractivity contribution is 7.14. The van der Waals surface area contributed by atoms with Gasteiger partial charge in [-0.05, 0) is 58.2 Å². The van der Waals surface area contributed by atoms with Crippen molar-refractivity contribution >= 4 is 34.3 Å². The third-order valence-corrected chi connectivity index (χ3v) is 6.39. The number of hydrogen-bond acceptors (Lipinski definition) is 9. The largest absolute Gasteiger partial charge is 0.482 e. The maximum Gasteiger partial charge on any atom is 0.344 e. The Labute approximate surface area is 225 Å². The van der Waals surface area contributed by atoms with Gasteiger partial charge in [-0.15, -0.1) is 11.3 Å². The summed E-state index contributed by atoms with van der Waals surface area (Å²) in [6.45, 7) is 7.61. The van der Waals surface area contributed by atoms with Gasteiger partial charge in [0.15, 0.2) is 11.7 Å². The summed E-state index contributed by atoms with van der Waals surface area (Å²) in [6, 6.07) is 10.1. The smallest absolute Gasteiger partial charge is 0.344 e. The highest BCUT2D eigenvalue weighted by Crippen LogP contribution is 2.25. The van der Waals surface area contributed by atoms with Crippen LogP contribution in [0.2, 0.25) is 0 Å². The molecule has 0 bridgehead atoms. The topological polar surface area (TPSA) is 114 Å². The van der Waals surface area contributed by atoms with E-state index >= 15 is 0 Å². The summed E-state index contributed by atoms with van der Waals surface area (Å²) in [5.41, 5.74) is 1.19. The minimum atomic E-state index is -0.660. The minimum absolute atomic E-state index is 0.207. The third-order valence-electron chi connectivity index (χ3n) is 5.63. The van der Waals surface area contributed by atoms with Gasteiger partial charge in [-0.25, -0.2) is 9.78 Å². The predicted octanol–water partition coefficient (Wildman–Crippen LogP) is 3.57. The molecule has 0 spiro atoms. The van der Waals surface area contributed by atoms with Crippen LogP contribution in [0, 0.1) is 0 Å². The molecule has 0 aliphatic carbocycles. The fourth-order valence-corrected chi connectivity index (χ4v) is 4.47. The van der Waals surface area contributed by atoms with Gasteiger partial charge in [0.25, 0.3) is 11.8 Å². The number of pyridine rings is 1. The van der Waals surface area contributed by atoms with E-state index in [0.29, 0.717) is 35.2 Å². The molecule has 0 radical (unpaired) electrons. The summed E-state index contributed by atoms with van der Waals surface area (Å²) in [5.74, 6) is -0.998. The molecule has 0 atom stereocenters. The third kappa shape index (κ3) is 7.36. The Morgan fingerprint density at radius 2 is 1.76 bits per heavy atom. The first kappa shape index (κ1) is 27.2. The summed E-state index contributed by atoms with van der Waals surface area (Å²) in [6.07, 6.45) is 1.68. The summed E-state index contributed by atoms with van der Waals surface area (Å²) in [5, 5.41) is 4.98. The zero-order valence-corrected chi connectivity index (χ0v) is 22.7. The normalized spacial score (nSPS) is 14.2. The number of esters is 1. The number of aromatic nitrogens is 2. The lowest BCUT2D eigenvalue weighted by atomic mass is 10.1. The summed E-state index contributed by atoms with van der Waals surface area (Å²) >= 11 is 1.27. The van der Waals surface area contributed by atoms with Crippen molar-refractivity contribution in [2.45, 2.75) is 26.4 Å². The van der Waals surface area contributed by atoms with E-state index in [1.54, 1.807) is 43.3 Å². The summed E-state index contributed by atoms with van der Waals surface area (Å²) < 4.78 is 11.0. The first-order valence-electron chi connectivity index (χ1n) is 12.2. The molecule has 1 N–H and O–H groups in total. The van der Waals surface area contributed by atoms with Gasteiger partial charge in [-0.1, -0.05) is 6.07 Å². The molecule has 2 amide bonds. The number of anilines is 1. The molecule has 0 unspecified atom stereocenters. The monoisotopic (exact) mass is 537 g/mol. The SMILES string of the molecule is CN1CCN(C(=O)c2cc(OCC(=O)OC(C)(C)C)cc(C(=O)Nc3nc(-c4ccccn4)cs3)c2)CC1. The Kier molecular flexibility index (Phi) is 8.38. The molecular formula is C27H31N5O5S. The number of nitrogens with one attached hydrogen (secondary N) is 1. The van der Waals surface area contributed by atoms with Crippen LogP contribution in [0.15, 0.2) is 48.0 Å². The van der Waals surface area contributed by atoms with Gasteiger partial charge in [0.2, 0.25) is 0 Å². The van der Waals surface area contributed by atoms with Crippen LogP contribution in [0.4, 0.5) is 5.13 Å². The Morgan fingerprint density at radius 1 is 1.03 bits per heavy atom. The lowest BCUT2D eigenvalue weighted by molar-refractivity contribution is -0.157. The van der Waals surface area contributed by atoms with Crippen LogP contribution < -0.4 is 10.1 Å². The molecule has 1 aliphatic heterocycles. The van der Waals surface area contributed by atoms with E-state index in [-0.39, 0.29) is 23.8 Å². The van der Waals surface area contributed by atoms with Crippen molar-refractivity contribution in [1.82, 2.24) is 19.8 Å². The second-order valence-electron chi connectivity index (χ2n) is 9.92. The Bertz CT molecular complexity index is 1300. The van der Waals surface area contributed by atoms with Gasteiger partial charge >= 0.3 is 5.97 Å². The number of carbonyl (C=O) groups excluding carboxylic acids is 3. The summed E-state index contributed by atoms with van der Waals surface area (Å²) in [4.78, 5) is 51.3. The second-order valence-corrected chi connectivity index (χ2v) is 10.8. The quantitative estimate of drug-likeness (QED) is 0.455. The molecule has 1 fully saturated rings. The van der Waals surface area contributed by atoms with Crippen molar-refractivity contribution in [2.24, 2.45) is 0 Å². The molecule has 1 aliphatic rings. The average Bonchev–Trinajstić information content (AvgIpc) is 3.35. The highest BCUT2D eigenvalue weighted by atomic mass is 32.1. The van der Waals surface area contributed by atoms with Gasteiger partial charge in [-0.3, -0.25) is 19.9 Å². The van der Waals surface area contributed by atoms with E-state index in [2.05, 4.69) is 20.2 Å². The van der Waals surface area contributed by atoms with Crippen LogP contribution in [0.5, 0.6) is 5.75 Å². The fourth-order valence-electron chi connectivity index (χ4n) is 3.77. The molecular weight excluding hydrogens is 506 g/mol. The number of nitrogens with zero attached hydrogens (tertiary/aromatic N) is 4. The molecule has 1 aromatic carbocycles. The molecule has 10 nitrogen and oxygen atoms in total. The molecule has 3 heterocycles. The van der Waals surface area contributed by atoms with Crippen LogP contribution in [0.3, 0.4) is 0 Å². The molecule has 2 aromatic heterocycles. The van der Waals surface area contributed by atoms with E-state index < -0.39 is 17.5 Å². The number of rotatable bonds is 7. The first-order valence-corrected chi connectivity index (χ1v) is 13.1. The zero-order valence-electron chi connectivity index (χ0n) is 21.9. The van der Waals surface area contributed by atoms with Crippen molar-refractivity contribution in [3.8, 4) is 17.1 Å². The standard InChI is InChI=1S/C27H31N5O5S/c1-27(2,3)37-23(33)16-36-20-14-18(13-19(15-20)25(35)32-11-9-31(4)10-12-32)24(34)30-26-29-22(17-38-26)21-7-5-6-8-28-21/h5-8,13-15,17H,9-12,16H2,1-4H3,(H,29,30,34). The lowest BCUT2D eigenvalue weighted by Gasteiger charge is -2.32. The van der Waals surface area contributed by atoms with Crippen molar-refractivity contribution in [3.63, 3.8) is 0 Å². The number of hydrogen-bond donors (Lipinski definition) is 1. The second kappa shape index (κ2) is 11.7. The average molecular weight is 538 g/mol. The maximum atomic E-state index is 13.3. The van der Waals surface area contributed by atoms with E-state index in [1.807, 2.05) is 25.2 Å². The molecule has 200 valence electrons. The minimum Gasteiger partial charge on any atom is -0.482 e. The molecule has 4 rings (SSSR count). The first-order chi connectivity index (χ1) is 18.1. The van der Waals surface area contributed by atoms with Crippen LogP contribution in [-0.2, 0) is 9.53 Å². The van der Waals surface area contributed by atoms with E-state index in [1.165, 1.54) is 23.5 Å². The molecule has 3 aromatic rings. The Balaban J connectivity index is 1.54. The van der Waals surface area contributed by atoms with Crippen molar-refractivity contribution < 1.29 is 23.9 Å². The highest BCUT2D eigenvalue weighted by Gasteiger charge is 2.23. The number of amides is 2. The van der Waals surface area contributed by atoms with E-state index in [4.69, 9.17) is 9.47 Å². The van der Waals surface area contributed by atoms with E-state index in [9.17, 15) is 14.4 Å². The van der Waals surface area contributed by atoms with Gasteiger partial charge in [0.05, 0.1) is 5.69 Å². The van der Waals surface area contributed by atoms with Crippen LogP contribution in [0.25, 0.3) is 11.4 Å². The van der Waals surface area contributed by atoms with Crippen LogP contribution >= 0.6 is 11.3 Å². The maximum absolute atomic E-state index is 13.3. The molecule has 11 heteroatoms. The number of likely N-dealkylation sites (N-methyl/N-ethyl adjacent to an activating group) is 1. The van der Waals surface area contributed by atoms with Gasteiger partial charge in [-0.2, -0.15) is 0 Å². The van der Waals surface area contributed by atoms with Gasteiger partial charge < -0.3 is 19.3 Å². The predicted molar refractivity (Wildman–Crippen MR) is 144 cm³/mol. The summed E-state index contributed by atoms with van der Waals surface area (Å²) in [7, 11) is 2.01. The van der Waals surface area contributed by atoms with Gasteiger partial charge in [0, 0.05) is 48.9 Å². The van der Waals surface area contributed by atoms with Crippen molar-refractivity contribution in [2.75, 3.05) is 45.2 Å².